The minimum atomic E-state index is -0.159. The number of rotatable bonds is 7. The molecule has 2 aromatic carbocycles. The number of benzene rings is 2. The first-order valence-electron chi connectivity index (χ1n) is 8.56. The fraction of sp³-hybridized carbons (Fsp3) is 0.350. The average Bonchev–Trinajstić information content (AvgIpc) is 3.12. The lowest BCUT2D eigenvalue weighted by Crippen LogP contribution is -2.28. The molecule has 0 atom stereocenters. The van der Waals surface area contributed by atoms with Crippen molar-refractivity contribution in [3.8, 4) is 17.2 Å². The van der Waals surface area contributed by atoms with Crippen molar-refractivity contribution in [1.82, 2.24) is 5.32 Å². The molecule has 6 heteroatoms. The monoisotopic (exact) mass is 467 g/mol. The molecule has 1 N–H and O–H groups in total. The fourth-order valence-electron chi connectivity index (χ4n) is 3.09. The van der Waals surface area contributed by atoms with E-state index >= 15 is 0 Å². The van der Waals surface area contributed by atoms with E-state index in [4.69, 9.17) is 14.2 Å². The molecule has 0 saturated heterocycles. The molecule has 26 heavy (non-hydrogen) atoms. The van der Waals surface area contributed by atoms with Crippen molar-refractivity contribution in [1.29, 1.82) is 0 Å². The number of nitrogens with one attached hydrogen (secondary N) is 1. The molecule has 0 spiro atoms. The molecule has 138 valence electrons. The third-order valence-electron chi connectivity index (χ3n) is 4.44. The van der Waals surface area contributed by atoms with Crippen molar-refractivity contribution >= 4 is 28.5 Å². The molecular weight excluding hydrogens is 445 g/mol. The SMILES string of the molecule is COc1cc(I)c(C(=O)NCCOc2ccc3c(c2)CCC3)cc1OC. The summed E-state index contributed by atoms with van der Waals surface area (Å²) in [6, 6.07) is 9.74. The molecule has 5 nitrogen and oxygen atoms in total. The summed E-state index contributed by atoms with van der Waals surface area (Å²) in [6.07, 6.45) is 3.51. The minimum Gasteiger partial charge on any atom is -0.493 e. The lowest BCUT2D eigenvalue weighted by Gasteiger charge is -2.13. The van der Waals surface area contributed by atoms with Gasteiger partial charge in [-0.2, -0.15) is 0 Å². The molecule has 0 heterocycles. The van der Waals surface area contributed by atoms with Crippen LogP contribution in [0, 0.1) is 3.57 Å². The first-order valence-corrected chi connectivity index (χ1v) is 9.64. The number of ether oxygens (including phenoxy) is 3. The van der Waals surface area contributed by atoms with E-state index in [9.17, 15) is 4.79 Å². The number of methoxy groups -OCH3 is 2. The summed E-state index contributed by atoms with van der Waals surface area (Å²) in [5.74, 6) is 1.84. The highest BCUT2D eigenvalue weighted by Gasteiger charge is 2.15. The zero-order chi connectivity index (χ0) is 18.5. The number of amides is 1. The van der Waals surface area contributed by atoms with E-state index in [0.29, 0.717) is 30.2 Å². The van der Waals surface area contributed by atoms with Gasteiger partial charge in [0.25, 0.3) is 5.91 Å². The largest absolute Gasteiger partial charge is 0.493 e. The van der Waals surface area contributed by atoms with Crippen molar-refractivity contribution in [3.05, 3.63) is 50.6 Å². The van der Waals surface area contributed by atoms with Gasteiger partial charge in [-0.1, -0.05) is 6.07 Å². The lowest BCUT2D eigenvalue weighted by atomic mass is 10.1. The molecule has 0 unspecified atom stereocenters. The average molecular weight is 467 g/mol. The first-order chi connectivity index (χ1) is 12.6. The Bertz CT molecular complexity index is 807. The number of aryl methyl sites for hydroxylation is 2. The third-order valence-corrected chi connectivity index (χ3v) is 5.34. The zero-order valence-corrected chi connectivity index (χ0v) is 17.1. The van der Waals surface area contributed by atoms with Crippen LogP contribution in [-0.4, -0.2) is 33.3 Å². The number of carbonyl (C=O) groups excluding carboxylic acids is 1. The van der Waals surface area contributed by atoms with Crippen LogP contribution in [0.1, 0.15) is 27.9 Å². The molecular formula is C20H22INO4. The molecule has 0 fully saturated rings. The van der Waals surface area contributed by atoms with Gasteiger partial charge in [0.05, 0.1) is 26.3 Å². The number of carbonyl (C=O) groups is 1. The topological polar surface area (TPSA) is 56.8 Å². The second kappa shape index (κ2) is 8.62. The van der Waals surface area contributed by atoms with E-state index in [1.165, 1.54) is 17.5 Å². The minimum absolute atomic E-state index is 0.159. The van der Waals surface area contributed by atoms with Crippen LogP contribution in [0.4, 0.5) is 0 Å². The van der Waals surface area contributed by atoms with Gasteiger partial charge in [-0.25, -0.2) is 0 Å². The lowest BCUT2D eigenvalue weighted by molar-refractivity contribution is 0.0945. The van der Waals surface area contributed by atoms with Gasteiger partial charge in [0, 0.05) is 3.57 Å². The Kier molecular flexibility index (Phi) is 6.24. The second-order valence-electron chi connectivity index (χ2n) is 6.08. The van der Waals surface area contributed by atoms with Gasteiger partial charge < -0.3 is 19.5 Å². The Hall–Kier alpha value is -1.96. The summed E-state index contributed by atoms with van der Waals surface area (Å²) < 4.78 is 17.1. The van der Waals surface area contributed by atoms with Crippen molar-refractivity contribution in [2.45, 2.75) is 19.3 Å². The molecule has 0 radical (unpaired) electrons. The van der Waals surface area contributed by atoms with Crippen LogP contribution >= 0.6 is 22.6 Å². The van der Waals surface area contributed by atoms with Crippen LogP contribution in [0.15, 0.2) is 30.3 Å². The van der Waals surface area contributed by atoms with Crippen LogP contribution in [-0.2, 0) is 12.8 Å². The van der Waals surface area contributed by atoms with Crippen LogP contribution in [0.5, 0.6) is 17.2 Å². The van der Waals surface area contributed by atoms with Gasteiger partial charge in [-0.05, 0) is 77.2 Å². The van der Waals surface area contributed by atoms with Gasteiger partial charge in [0.2, 0.25) is 0 Å². The maximum Gasteiger partial charge on any atom is 0.252 e. The zero-order valence-electron chi connectivity index (χ0n) is 14.9. The third kappa shape index (κ3) is 4.23. The summed E-state index contributed by atoms with van der Waals surface area (Å²) in [5.41, 5.74) is 3.36. The van der Waals surface area contributed by atoms with E-state index in [1.54, 1.807) is 26.4 Å². The van der Waals surface area contributed by atoms with E-state index in [1.807, 2.05) is 6.07 Å². The van der Waals surface area contributed by atoms with Crippen molar-refractivity contribution in [2.24, 2.45) is 0 Å². The summed E-state index contributed by atoms with van der Waals surface area (Å²) >= 11 is 2.12. The van der Waals surface area contributed by atoms with Gasteiger partial charge in [0.15, 0.2) is 11.5 Å². The first kappa shape index (κ1) is 18.8. The van der Waals surface area contributed by atoms with Gasteiger partial charge in [-0.15, -0.1) is 0 Å². The summed E-state index contributed by atoms with van der Waals surface area (Å²) in [6.45, 7) is 0.856. The molecule has 2 aromatic rings. The maximum absolute atomic E-state index is 12.4. The Labute approximate surface area is 167 Å². The van der Waals surface area contributed by atoms with Gasteiger partial charge >= 0.3 is 0 Å². The van der Waals surface area contributed by atoms with Crippen molar-refractivity contribution < 1.29 is 19.0 Å². The highest BCUT2D eigenvalue weighted by Crippen LogP contribution is 2.31. The molecule has 0 bridgehead atoms. The normalized spacial score (nSPS) is 12.4. The fourth-order valence-corrected chi connectivity index (χ4v) is 3.78. The summed E-state index contributed by atoms with van der Waals surface area (Å²) in [7, 11) is 3.13. The van der Waals surface area contributed by atoms with E-state index in [2.05, 4.69) is 40.0 Å². The maximum atomic E-state index is 12.4. The highest BCUT2D eigenvalue weighted by atomic mass is 127. The molecule has 0 aromatic heterocycles. The standard InChI is InChI=1S/C20H22INO4/c1-24-18-11-16(17(21)12-19(18)25-2)20(23)22-8-9-26-15-7-6-13-4-3-5-14(13)10-15/h6-7,10-12H,3-5,8-9H2,1-2H3,(H,22,23). The predicted octanol–water partition coefficient (Wildman–Crippen LogP) is 3.61. The molecule has 0 saturated carbocycles. The Morgan fingerprint density at radius 3 is 2.58 bits per heavy atom. The quantitative estimate of drug-likeness (QED) is 0.500. The molecule has 1 aliphatic carbocycles. The van der Waals surface area contributed by atoms with Gasteiger partial charge in [0.1, 0.15) is 12.4 Å². The Morgan fingerprint density at radius 1 is 1.08 bits per heavy atom. The molecule has 1 amide bonds. The summed E-state index contributed by atoms with van der Waals surface area (Å²) in [4.78, 5) is 12.4. The van der Waals surface area contributed by atoms with E-state index in [-0.39, 0.29) is 5.91 Å². The summed E-state index contributed by atoms with van der Waals surface area (Å²) in [5, 5.41) is 2.89. The second-order valence-corrected chi connectivity index (χ2v) is 7.24. The Balaban J connectivity index is 1.54. The van der Waals surface area contributed by atoms with Gasteiger partial charge in [-0.3, -0.25) is 4.79 Å². The number of hydrogen-bond acceptors (Lipinski definition) is 4. The molecule has 0 aliphatic heterocycles. The van der Waals surface area contributed by atoms with Crippen LogP contribution in [0.25, 0.3) is 0 Å². The molecule has 3 rings (SSSR count). The van der Waals surface area contributed by atoms with E-state index in [0.717, 1.165) is 22.2 Å². The smallest absolute Gasteiger partial charge is 0.252 e. The van der Waals surface area contributed by atoms with Crippen molar-refractivity contribution in [2.75, 3.05) is 27.4 Å². The van der Waals surface area contributed by atoms with Crippen LogP contribution in [0.3, 0.4) is 0 Å². The Morgan fingerprint density at radius 2 is 1.81 bits per heavy atom. The number of halogens is 1. The van der Waals surface area contributed by atoms with Crippen LogP contribution < -0.4 is 19.5 Å². The molecule has 1 aliphatic rings. The highest BCUT2D eigenvalue weighted by molar-refractivity contribution is 14.1. The van der Waals surface area contributed by atoms with Crippen molar-refractivity contribution in [3.63, 3.8) is 0 Å². The van der Waals surface area contributed by atoms with E-state index < -0.39 is 0 Å². The predicted molar refractivity (Wildman–Crippen MR) is 109 cm³/mol. The van der Waals surface area contributed by atoms with Crippen LogP contribution in [0.2, 0.25) is 0 Å². The number of hydrogen-bond donors (Lipinski definition) is 1. The number of fused-ring (bicyclic) bond motifs is 1.